The zero-order chi connectivity index (χ0) is 25.3. The number of nitrogens with one attached hydrogen (secondary N) is 1. The highest BCUT2D eigenvalue weighted by Gasteiger charge is 2.27. The normalized spacial score (nSPS) is 12.6. The minimum absolute atomic E-state index is 0.129. The molecule has 0 aliphatic rings. The number of halogens is 1. The average molecular weight is 553 g/mol. The minimum atomic E-state index is -3.62. The highest BCUT2D eigenvalue weighted by Crippen LogP contribution is 2.18. The Morgan fingerprint density at radius 2 is 1.71 bits per heavy atom. The summed E-state index contributed by atoms with van der Waals surface area (Å²) in [4.78, 5) is 27.7. The van der Waals surface area contributed by atoms with Crippen LogP contribution in [-0.4, -0.2) is 55.6 Å². The highest BCUT2D eigenvalue weighted by atomic mass is 79.9. The largest absolute Gasteiger partial charge is 0.354 e. The minimum Gasteiger partial charge on any atom is -0.354 e. The van der Waals surface area contributed by atoms with Crippen LogP contribution in [0.4, 0.5) is 0 Å². The molecule has 0 unspecified atom stereocenters. The second-order valence-electron chi connectivity index (χ2n) is 8.71. The SMILES string of the molecule is CC(C)CNC(=O)[C@@H](C)N(Cc1cccc(Br)c1)C(=O)CCCN(C)S(=O)(=O)c1ccccc1. The summed E-state index contributed by atoms with van der Waals surface area (Å²) in [6.07, 6.45) is 0.473. The van der Waals surface area contributed by atoms with Gasteiger partial charge in [-0.25, -0.2) is 12.7 Å². The van der Waals surface area contributed by atoms with Crippen molar-refractivity contribution in [3.63, 3.8) is 0 Å². The molecule has 2 aromatic rings. The summed E-state index contributed by atoms with van der Waals surface area (Å²) in [5.74, 6) is -0.106. The van der Waals surface area contributed by atoms with Gasteiger partial charge < -0.3 is 10.2 Å². The Balaban J connectivity index is 2.07. The fourth-order valence-corrected chi connectivity index (χ4v) is 5.03. The molecule has 9 heteroatoms. The van der Waals surface area contributed by atoms with Gasteiger partial charge in [0.2, 0.25) is 21.8 Å². The first-order valence-corrected chi connectivity index (χ1v) is 13.6. The lowest BCUT2D eigenvalue weighted by Crippen LogP contribution is -2.48. The maximum Gasteiger partial charge on any atom is 0.242 e. The molecule has 2 rings (SSSR count). The van der Waals surface area contributed by atoms with Crippen LogP contribution in [0, 0.1) is 5.92 Å². The van der Waals surface area contributed by atoms with E-state index in [-0.39, 0.29) is 36.2 Å². The van der Waals surface area contributed by atoms with Gasteiger partial charge in [0.25, 0.3) is 0 Å². The number of benzene rings is 2. The summed E-state index contributed by atoms with van der Waals surface area (Å²) >= 11 is 3.45. The number of hydrogen-bond donors (Lipinski definition) is 1. The van der Waals surface area contributed by atoms with E-state index in [0.29, 0.717) is 18.9 Å². The summed E-state index contributed by atoms with van der Waals surface area (Å²) in [6, 6.07) is 15.2. The lowest BCUT2D eigenvalue weighted by Gasteiger charge is -2.29. The smallest absolute Gasteiger partial charge is 0.242 e. The third-order valence-corrected chi connectivity index (χ3v) is 7.77. The number of carbonyl (C=O) groups excluding carboxylic acids is 2. The average Bonchev–Trinajstić information content (AvgIpc) is 2.80. The first-order chi connectivity index (χ1) is 16.0. The molecule has 0 spiro atoms. The van der Waals surface area contributed by atoms with Gasteiger partial charge in [0.1, 0.15) is 6.04 Å². The quantitative estimate of drug-likeness (QED) is 0.431. The number of amides is 2. The van der Waals surface area contributed by atoms with E-state index < -0.39 is 16.1 Å². The molecule has 0 saturated carbocycles. The molecule has 0 bridgehead atoms. The summed E-state index contributed by atoms with van der Waals surface area (Å²) in [5.41, 5.74) is 0.898. The Labute approximate surface area is 211 Å². The van der Waals surface area contributed by atoms with Gasteiger partial charge in [0.15, 0.2) is 0 Å². The Bertz CT molecular complexity index is 1060. The highest BCUT2D eigenvalue weighted by molar-refractivity contribution is 9.10. The molecule has 34 heavy (non-hydrogen) atoms. The van der Waals surface area contributed by atoms with Crippen LogP contribution in [0.5, 0.6) is 0 Å². The number of carbonyl (C=O) groups is 2. The third kappa shape index (κ3) is 8.21. The maximum absolute atomic E-state index is 13.2. The Morgan fingerprint density at radius 3 is 2.32 bits per heavy atom. The first-order valence-electron chi connectivity index (χ1n) is 11.4. The molecule has 0 aromatic heterocycles. The van der Waals surface area contributed by atoms with Crippen LogP contribution in [0.1, 0.15) is 39.2 Å². The molecule has 0 saturated heterocycles. The van der Waals surface area contributed by atoms with Gasteiger partial charge in [0.05, 0.1) is 4.90 Å². The van der Waals surface area contributed by atoms with E-state index in [1.165, 1.54) is 11.4 Å². The Hall–Kier alpha value is -2.23. The summed E-state index contributed by atoms with van der Waals surface area (Å²) < 4.78 is 27.6. The molecule has 7 nitrogen and oxygen atoms in total. The van der Waals surface area contributed by atoms with Crippen molar-refractivity contribution in [2.75, 3.05) is 20.1 Å². The van der Waals surface area contributed by atoms with E-state index in [9.17, 15) is 18.0 Å². The maximum atomic E-state index is 13.2. The molecule has 2 amide bonds. The standard InChI is InChI=1S/C25H34BrN3O4S/c1-19(2)17-27-25(31)20(3)29(18-21-10-8-11-22(26)16-21)24(30)14-9-15-28(4)34(32,33)23-12-6-5-7-13-23/h5-8,10-13,16,19-20H,9,14-15,17-18H2,1-4H3,(H,27,31)/t20-/m1/s1. The van der Waals surface area contributed by atoms with Crippen molar-refractivity contribution in [2.24, 2.45) is 5.92 Å². The molecule has 1 N–H and O–H groups in total. The van der Waals surface area contributed by atoms with Crippen LogP contribution in [0.2, 0.25) is 0 Å². The van der Waals surface area contributed by atoms with Crippen molar-refractivity contribution >= 4 is 37.8 Å². The molecular formula is C25H34BrN3O4S. The molecule has 0 aliphatic heterocycles. The van der Waals surface area contributed by atoms with Crippen molar-refractivity contribution in [1.29, 1.82) is 0 Å². The monoisotopic (exact) mass is 551 g/mol. The van der Waals surface area contributed by atoms with Crippen molar-refractivity contribution < 1.29 is 18.0 Å². The number of hydrogen-bond acceptors (Lipinski definition) is 4. The molecule has 0 radical (unpaired) electrons. The molecule has 2 aromatic carbocycles. The van der Waals surface area contributed by atoms with Gasteiger partial charge >= 0.3 is 0 Å². The van der Waals surface area contributed by atoms with Crippen molar-refractivity contribution in [2.45, 2.75) is 51.1 Å². The van der Waals surface area contributed by atoms with Gasteiger partial charge in [-0.15, -0.1) is 0 Å². The van der Waals surface area contributed by atoms with Crippen LogP contribution in [0.25, 0.3) is 0 Å². The fraction of sp³-hybridized carbons (Fsp3) is 0.440. The summed E-state index contributed by atoms with van der Waals surface area (Å²) in [7, 11) is -2.11. The predicted molar refractivity (Wildman–Crippen MR) is 137 cm³/mol. The molecule has 0 heterocycles. The van der Waals surface area contributed by atoms with Gasteiger partial charge in [0, 0.05) is 37.6 Å². The second-order valence-corrected chi connectivity index (χ2v) is 11.7. The van der Waals surface area contributed by atoms with Gasteiger partial charge in [-0.3, -0.25) is 9.59 Å². The second kappa shape index (κ2) is 13.0. The number of sulfonamides is 1. The van der Waals surface area contributed by atoms with Gasteiger partial charge in [-0.05, 0) is 49.1 Å². The molecule has 0 fully saturated rings. The lowest BCUT2D eigenvalue weighted by molar-refractivity contribution is -0.140. The van der Waals surface area contributed by atoms with E-state index >= 15 is 0 Å². The number of rotatable bonds is 12. The van der Waals surface area contributed by atoms with E-state index in [4.69, 9.17) is 0 Å². The van der Waals surface area contributed by atoms with Crippen LogP contribution in [-0.2, 0) is 26.2 Å². The first kappa shape index (κ1) is 28.0. The topological polar surface area (TPSA) is 86.8 Å². The fourth-order valence-electron chi connectivity index (χ4n) is 3.36. The Morgan fingerprint density at radius 1 is 1.03 bits per heavy atom. The molecule has 1 atom stereocenters. The predicted octanol–water partition coefficient (Wildman–Crippen LogP) is 4.04. The third-order valence-electron chi connectivity index (χ3n) is 5.41. The van der Waals surface area contributed by atoms with Crippen LogP contribution in [0.3, 0.4) is 0 Å². The molecular weight excluding hydrogens is 518 g/mol. The zero-order valence-electron chi connectivity index (χ0n) is 20.2. The summed E-state index contributed by atoms with van der Waals surface area (Å²) in [5, 5.41) is 2.90. The van der Waals surface area contributed by atoms with E-state index in [0.717, 1.165) is 10.0 Å². The Kier molecular flexibility index (Phi) is 10.7. The van der Waals surface area contributed by atoms with E-state index in [1.54, 1.807) is 42.2 Å². The lowest BCUT2D eigenvalue weighted by atomic mass is 10.1. The number of nitrogens with zero attached hydrogens (tertiary/aromatic N) is 2. The zero-order valence-corrected chi connectivity index (χ0v) is 22.6. The van der Waals surface area contributed by atoms with Crippen molar-refractivity contribution in [3.05, 3.63) is 64.6 Å². The van der Waals surface area contributed by atoms with E-state index in [1.807, 2.05) is 38.1 Å². The van der Waals surface area contributed by atoms with Crippen molar-refractivity contribution in [3.8, 4) is 0 Å². The molecule has 186 valence electrons. The van der Waals surface area contributed by atoms with Crippen LogP contribution >= 0.6 is 15.9 Å². The summed E-state index contributed by atoms with van der Waals surface area (Å²) in [6.45, 7) is 6.75. The molecule has 0 aliphatic carbocycles. The van der Waals surface area contributed by atoms with Gasteiger partial charge in [-0.2, -0.15) is 0 Å². The van der Waals surface area contributed by atoms with Crippen molar-refractivity contribution in [1.82, 2.24) is 14.5 Å². The van der Waals surface area contributed by atoms with Gasteiger partial charge in [-0.1, -0.05) is 60.1 Å². The van der Waals surface area contributed by atoms with Crippen LogP contribution < -0.4 is 5.32 Å². The van der Waals surface area contributed by atoms with Crippen LogP contribution in [0.15, 0.2) is 64.0 Å². The van der Waals surface area contributed by atoms with E-state index in [2.05, 4.69) is 21.2 Å².